The molecule has 0 spiro atoms. The lowest BCUT2D eigenvalue weighted by molar-refractivity contribution is -0.137. The highest BCUT2D eigenvalue weighted by Gasteiger charge is 2.31. The van der Waals surface area contributed by atoms with E-state index in [9.17, 15) is 13.2 Å². The summed E-state index contributed by atoms with van der Waals surface area (Å²) in [6.45, 7) is 1.84. The van der Waals surface area contributed by atoms with E-state index in [2.05, 4.69) is 4.98 Å². The van der Waals surface area contributed by atoms with Gasteiger partial charge < -0.3 is 0 Å². The predicted octanol–water partition coefficient (Wildman–Crippen LogP) is 4.33. The van der Waals surface area contributed by atoms with E-state index in [1.807, 2.05) is 6.92 Å². The summed E-state index contributed by atoms with van der Waals surface area (Å²) >= 11 is 0. The van der Waals surface area contributed by atoms with Crippen LogP contribution in [0, 0.1) is 0 Å². The standard InChI is InChI=1S/C14H12F3N/c1-2-10-6-12(11-4-3-5-18-9-11)8-13(7-10)14(15,16)17/h3-9H,2H2,1H3. The molecule has 0 bridgehead atoms. The molecule has 2 rings (SSSR count). The summed E-state index contributed by atoms with van der Waals surface area (Å²) < 4.78 is 38.4. The normalized spacial score (nSPS) is 11.6. The van der Waals surface area contributed by atoms with Gasteiger partial charge in [-0.1, -0.05) is 19.1 Å². The number of alkyl halides is 3. The molecule has 1 nitrogen and oxygen atoms in total. The molecule has 0 unspecified atom stereocenters. The van der Waals surface area contributed by atoms with E-state index in [1.54, 1.807) is 30.6 Å². The molecule has 2 aromatic rings. The van der Waals surface area contributed by atoms with Crippen LogP contribution in [0.2, 0.25) is 0 Å². The average molecular weight is 251 g/mol. The van der Waals surface area contributed by atoms with Crippen LogP contribution in [0.5, 0.6) is 0 Å². The molecule has 4 heteroatoms. The van der Waals surface area contributed by atoms with E-state index in [0.717, 1.165) is 6.07 Å². The zero-order valence-corrected chi connectivity index (χ0v) is 9.83. The zero-order chi connectivity index (χ0) is 13.2. The first-order valence-electron chi connectivity index (χ1n) is 5.62. The summed E-state index contributed by atoms with van der Waals surface area (Å²) in [5.74, 6) is 0. The van der Waals surface area contributed by atoms with Crippen molar-refractivity contribution in [2.45, 2.75) is 19.5 Å². The van der Waals surface area contributed by atoms with Gasteiger partial charge in [0.05, 0.1) is 5.56 Å². The molecule has 0 saturated carbocycles. The molecule has 0 atom stereocenters. The molecular formula is C14H12F3N. The lowest BCUT2D eigenvalue weighted by atomic mass is 9.99. The number of aromatic nitrogens is 1. The van der Waals surface area contributed by atoms with E-state index in [-0.39, 0.29) is 0 Å². The molecule has 0 amide bonds. The van der Waals surface area contributed by atoms with Crippen molar-refractivity contribution in [2.24, 2.45) is 0 Å². The van der Waals surface area contributed by atoms with Crippen LogP contribution in [-0.4, -0.2) is 4.98 Å². The van der Waals surface area contributed by atoms with Gasteiger partial charge in [0.15, 0.2) is 0 Å². The van der Waals surface area contributed by atoms with Crippen molar-refractivity contribution in [1.29, 1.82) is 0 Å². The van der Waals surface area contributed by atoms with E-state index in [4.69, 9.17) is 0 Å². The van der Waals surface area contributed by atoms with Crippen LogP contribution >= 0.6 is 0 Å². The molecule has 0 radical (unpaired) electrons. The molecule has 0 saturated heterocycles. The summed E-state index contributed by atoms with van der Waals surface area (Å²) in [7, 11) is 0. The predicted molar refractivity (Wildman–Crippen MR) is 64.1 cm³/mol. The van der Waals surface area contributed by atoms with Gasteiger partial charge >= 0.3 is 6.18 Å². The monoisotopic (exact) mass is 251 g/mol. The van der Waals surface area contributed by atoms with Crippen LogP contribution in [0.4, 0.5) is 13.2 Å². The number of nitrogens with zero attached hydrogens (tertiary/aromatic N) is 1. The summed E-state index contributed by atoms with van der Waals surface area (Å²) in [5, 5.41) is 0. The first-order chi connectivity index (χ1) is 8.50. The van der Waals surface area contributed by atoms with Gasteiger partial charge in [0.1, 0.15) is 0 Å². The zero-order valence-electron chi connectivity index (χ0n) is 9.83. The van der Waals surface area contributed by atoms with Crippen molar-refractivity contribution in [3.63, 3.8) is 0 Å². The Kier molecular flexibility index (Phi) is 3.36. The molecule has 0 aliphatic carbocycles. The molecule has 0 fully saturated rings. The van der Waals surface area contributed by atoms with Crippen LogP contribution < -0.4 is 0 Å². The fourth-order valence-corrected chi connectivity index (χ4v) is 1.76. The molecule has 0 aliphatic rings. The maximum atomic E-state index is 12.8. The van der Waals surface area contributed by atoms with Gasteiger partial charge in [-0.2, -0.15) is 13.2 Å². The minimum Gasteiger partial charge on any atom is -0.264 e. The number of benzene rings is 1. The maximum Gasteiger partial charge on any atom is 0.416 e. The molecule has 1 heterocycles. The van der Waals surface area contributed by atoms with Crippen molar-refractivity contribution in [3.05, 3.63) is 53.9 Å². The van der Waals surface area contributed by atoms with Crippen molar-refractivity contribution in [1.82, 2.24) is 4.98 Å². The first kappa shape index (κ1) is 12.6. The van der Waals surface area contributed by atoms with Crippen molar-refractivity contribution in [3.8, 4) is 11.1 Å². The highest BCUT2D eigenvalue weighted by molar-refractivity contribution is 5.64. The summed E-state index contributed by atoms with van der Waals surface area (Å²) in [6.07, 6.45) is -0.591. The second-order valence-electron chi connectivity index (χ2n) is 4.01. The van der Waals surface area contributed by atoms with Crippen LogP contribution in [0.15, 0.2) is 42.7 Å². The lowest BCUT2D eigenvalue weighted by Gasteiger charge is -2.11. The van der Waals surface area contributed by atoms with Crippen molar-refractivity contribution in [2.75, 3.05) is 0 Å². The SMILES string of the molecule is CCc1cc(-c2cccnc2)cc(C(F)(F)F)c1. The van der Waals surface area contributed by atoms with Crippen molar-refractivity contribution >= 4 is 0 Å². The first-order valence-corrected chi connectivity index (χ1v) is 5.62. The van der Waals surface area contributed by atoms with Gasteiger partial charge in [0.2, 0.25) is 0 Å². The highest BCUT2D eigenvalue weighted by atomic mass is 19.4. The second-order valence-corrected chi connectivity index (χ2v) is 4.01. The quantitative estimate of drug-likeness (QED) is 0.774. The second kappa shape index (κ2) is 4.80. The number of hydrogen-bond acceptors (Lipinski definition) is 1. The third-order valence-electron chi connectivity index (χ3n) is 2.72. The molecular weight excluding hydrogens is 239 g/mol. The maximum absolute atomic E-state index is 12.8. The van der Waals surface area contributed by atoms with E-state index in [1.165, 1.54) is 6.07 Å². The molecule has 18 heavy (non-hydrogen) atoms. The molecule has 0 N–H and O–H groups in total. The summed E-state index contributed by atoms with van der Waals surface area (Å²) in [4.78, 5) is 3.93. The fraction of sp³-hybridized carbons (Fsp3) is 0.214. The van der Waals surface area contributed by atoms with E-state index < -0.39 is 11.7 Å². The summed E-state index contributed by atoms with van der Waals surface area (Å²) in [6, 6.07) is 7.59. The number of aryl methyl sites for hydroxylation is 1. The van der Waals surface area contributed by atoms with Gasteiger partial charge in [-0.3, -0.25) is 4.98 Å². The van der Waals surface area contributed by atoms with Gasteiger partial charge in [0.25, 0.3) is 0 Å². The van der Waals surface area contributed by atoms with E-state index in [0.29, 0.717) is 23.1 Å². The Balaban J connectivity index is 2.55. The minimum absolute atomic E-state index is 0.551. The average Bonchev–Trinajstić information content (AvgIpc) is 2.38. The minimum atomic E-state index is -4.32. The third kappa shape index (κ3) is 2.70. The number of rotatable bonds is 2. The fourth-order valence-electron chi connectivity index (χ4n) is 1.76. The molecule has 0 aliphatic heterocycles. The lowest BCUT2D eigenvalue weighted by Crippen LogP contribution is -2.06. The van der Waals surface area contributed by atoms with Crippen LogP contribution in [0.1, 0.15) is 18.1 Å². The van der Waals surface area contributed by atoms with Gasteiger partial charge in [-0.05, 0) is 35.7 Å². The van der Waals surface area contributed by atoms with Gasteiger partial charge in [-0.15, -0.1) is 0 Å². The van der Waals surface area contributed by atoms with Gasteiger partial charge in [0, 0.05) is 18.0 Å². The number of pyridine rings is 1. The van der Waals surface area contributed by atoms with Crippen LogP contribution in [0.3, 0.4) is 0 Å². The molecule has 94 valence electrons. The largest absolute Gasteiger partial charge is 0.416 e. The summed E-state index contributed by atoms with van der Waals surface area (Å²) in [5.41, 5.74) is 1.30. The Morgan fingerprint density at radius 3 is 2.44 bits per heavy atom. The Labute approximate surface area is 103 Å². The smallest absolute Gasteiger partial charge is 0.264 e. The Morgan fingerprint density at radius 1 is 1.11 bits per heavy atom. The van der Waals surface area contributed by atoms with Crippen LogP contribution in [-0.2, 0) is 12.6 Å². The molecule has 1 aromatic carbocycles. The molecule has 1 aromatic heterocycles. The van der Waals surface area contributed by atoms with Crippen LogP contribution in [0.25, 0.3) is 11.1 Å². The third-order valence-corrected chi connectivity index (χ3v) is 2.72. The number of halogens is 3. The topological polar surface area (TPSA) is 12.9 Å². The Bertz CT molecular complexity index is 532. The Hall–Kier alpha value is -1.84. The Morgan fingerprint density at radius 2 is 1.89 bits per heavy atom. The van der Waals surface area contributed by atoms with Crippen molar-refractivity contribution < 1.29 is 13.2 Å². The highest BCUT2D eigenvalue weighted by Crippen LogP contribution is 2.33. The van der Waals surface area contributed by atoms with Gasteiger partial charge in [-0.25, -0.2) is 0 Å². The number of hydrogen-bond donors (Lipinski definition) is 0. The van der Waals surface area contributed by atoms with E-state index >= 15 is 0 Å².